The van der Waals surface area contributed by atoms with Gasteiger partial charge in [0.05, 0.1) is 14.2 Å². The average Bonchev–Trinajstić information content (AvgIpc) is 2.08. The van der Waals surface area contributed by atoms with Gasteiger partial charge in [0.1, 0.15) is 0 Å². The maximum absolute atomic E-state index is 9.40. The van der Waals surface area contributed by atoms with Gasteiger partial charge in [0.15, 0.2) is 11.5 Å². The molecule has 3 nitrogen and oxygen atoms in total. The quantitative estimate of drug-likeness (QED) is 0.772. The van der Waals surface area contributed by atoms with Crippen LogP contribution >= 0.6 is 11.6 Å². The molecule has 0 amide bonds. The molecule has 0 atom stereocenters. The van der Waals surface area contributed by atoms with Crippen molar-refractivity contribution in [1.29, 1.82) is 0 Å². The monoisotopic (exact) mass is 188 g/mol. The van der Waals surface area contributed by atoms with Crippen LogP contribution in [-0.2, 0) is 0 Å². The van der Waals surface area contributed by atoms with E-state index >= 15 is 0 Å². The second-order valence-electron chi connectivity index (χ2n) is 2.16. The summed E-state index contributed by atoms with van der Waals surface area (Å²) in [7, 11) is 2.90. The van der Waals surface area contributed by atoms with Crippen molar-refractivity contribution in [2.45, 2.75) is 0 Å². The summed E-state index contributed by atoms with van der Waals surface area (Å²) in [5.41, 5.74) is 0. The standard InChI is InChI=1S/C8H9ClO3/c1-11-6-3-5(9)4-7(12-2)8(6)10/h3-4,10H,1-2H3. The molecule has 1 aromatic carbocycles. The fourth-order valence-corrected chi connectivity index (χ4v) is 1.06. The summed E-state index contributed by atoms with van der Waals surface area (Å²) in [5.74, 6) is 0.572. The zero-order valence-electron chi connectivity index (χ0n) is 6.80. The van der Waals surface area contributed by atoms with E-state index in [4.69, 9.17) is 21.1 Å². The Bertz CT molecular complexity index is 261. The van der Waals surface area contributed by atoms with E-state index in [0.717, 1.165) is 0 Å². The summed E-state index contributed by atoms with van der Waals surface area (Å²) in [6.07, 6.45) is 0. The summed E-state index contributed by atoms with van der Waals surface area (Å²) < 4.78 is 9.71. The van der Waals surface area contributed by atoms with E-state index < -0.39 is 0 Å². The topological polar surface area (TPSA) is 38.7 Å². The SMILES string of the molecule is COc1cc(Cl)cc(OC)c1O. The minimum absolute atomic E-state index is 0.0376. The van der Waals surface area contributed by atoms with Crippen LogP contribution in [0.5, 0.6) is 17.2 Å². The van der Waals surface area contributed by atoms with E-state index in [0.29, 0.717) is 16.5 Å². The van der Waals surface area contributed by atoms with Gasteiger partial charge in [-0.05, 0) is 0 Å². The number of hydrogen-bond donors (Lipinski definition) is 1. The molecule has 0 saturated heterocycles. The molecular weight excluding hydrogens is 180 g/mol. The Balaban J connectivity index is 3.22. The number of halogens is 1. The van der Waals surface area contributed by atoms with Crippen molar-refractivity contribution in [3.8, 4) is 17.2 Å². The van der Waals surface area contributed by atoms with Crippen LogP contribution in [0, 0.1) is 0 Å². The second kappa shape index (κ2) is 3.54. The van der Waals surface area contributed by atoms with Gasteiger partial charge in [-0.3, -0.25) is 0 Å². The van der Waals surface area contributed by atoms with Crippen molar-refractivity contribution in [2.75, 3.05) is 14.2 Å². The van der Waals surface area contributed by atoms with Crippen LogP contribution in [0.25, 0.3) is 0 Å². The van der Waals surface area contributed by atoms with E-state index in [1.165, 1.54) is 26.4 Å². The predicted molar refractivity (Wildman–Crippen MR) is 46.2 cm³/mol. The summed E-state index contributed by atoms with van der Waals surface area (Å²) in [6.45, 7) is 0. The summed E-state index contributed by atoms with van der Waals surface area (Å²) in [4.78, 5) is 0. The molecule has 0 aromatic heterocycles. The molecule has 0 aliphatic carbocycles. The van der Waals surface area contributed by atoms with Crippen molar-refractivity contribution in [2.24, 2.45) is 0 Å². The Morgan fingerprint density at radius 1 is 1.17 bits per heavy atom. The molecule has 66 valence electrons. The Hall–Kier alpha value is -1.09. The number of benzene rings is 1. The van der Waals surface area contributed by atoms with Gasteiger partial charge in [-0.25, -0.2) is 0 Å². The third-order valence-corrected chi connectivity index (χ3v) is 1.66. The van der Waals surface area contributed by atoms with E-state index in [2.05, 4.69) is 0 Å². The van der Waals surface area contributed by atoms with Crippen LogP contribution in [0.3, 0.4) is 0 Å². The third-order valence-electron chi connectivity index (χ3n) is 1.44. The highest BCUT2D eigenvalue weighted by atomic mass is 35.5. The molecule has 4 heteroatoms. The maximum Gasteiger partial charge on any atom is 0.200 e. The summed E-state index contributed by atoms with van der Waals surface area (Å²) >= 11 is 5.71. The smallest absolute Gasteiger partial charge is 0.200 e. The lowest BCUT2D eigenvalue weighted by molar-refractivity contribution is 0.340. The number of rotatable bonds is 2. The van der Waals surface area contributed by atoms with Crippen molar-refractivity contribution < 1.29 is 14.6 Å². The zero-order chi connectivity index (χ0) is 9.14. The van der Waals surface area contributed by atoms with Crippen LogP contribution in [0.4, 0.5) is 0 Å². The van der Waals surface area contributed by atoms with Gasteiger partial charge in [0, 0.05) is 17.2 Å². The van der Waals surface area contributed by atoms with Crippen molar-refractivity contribution in [1.82, 2.24) is 0 Å². The van der Waals surface area contributed by atoms with Gasteiger partial charge in [0.25, 0.3) is 0 Å². The van der Waals surface area contributed by atoms with Crippen molar-refractivity contribution >= 4 is 11.6 Å². The molecule has 0 spiro atoms. The second-order valence-corrected chi connectivity index (χ2v) is 2.60. The lowest BCUT2D eigenvalue weighted by atomic mass is 10.3. The van der Waals surface area contributed by atoms with Gasteiger partial charge in [-0.2, -0.15) is 0 Å². The molecule has 0 fully saturated rings. The highest BCUT2D eigenvalue weighted by Crippen LogP contribution is 2.38. The molecule has 0 heterocycles. The molecule has 1 rings (SSSR count). The first-order valence-electron chi connectivity index (χ1n) is 3.29. The molecule has 1 N–H and O–H groups in total. The lowest BCUT2D eigenvalue weighted by Gasteiger charge is -2.07. The first-order chi connectivity index (χ1) is 5.69. The molecule has 1 aromatic rings. The molecule has 0 bridgehead atoms. The lowest BCUT2D eigenvalue weighted by Crippen LogP contribution is -1.88. The number of hydrogen-bond acceptors (Lipinski definition) is 3. The van der Waals surface area contributed by atoms with Gasteiger partial charge >= 0.3 is 0 Å². The van der Waals surface area contributed by atoms with E-state index in [1.54, 1.807) is 0 Å². The van der Waals surface area contributed by atoms with Crippen molar-refractivity contribution in [3.63, 3.8) is 0 Å². The van der Waals surface area contributed by atoms with Crippen LogP contribution in [0.2, 0.25) is 5.02 Å². The number of phenolic OH excluding ortho intramolecular Hbond substituents is 1. The van der Waals surface area contributed by atoms with Gasteiger partial charge < -0.3 is 14.6 Å². The largest absolute Gasteiger partial charge is 0.502 e. The fourth-order valence-electron chi connectivity index (χ4n) is 0.861. The van der Waals surface area contributed by atoms with E-state index in [1.807, 2.05) is 0 Å². The Labute approximate surface area is 75.5 Å². The molecule has 0 aliphatic heterocycles. The number of phenols is 1. The summed E-state index contributed by atoms with van der Waals surface area (Å²) in [5, 5.41) is 9.86. The highest BCUT2D eigenvalue weighted by Gasteiger charge is 2.09. The zero-order valence-corrected chi connectivity index (χ0v) is 7.55. The van der Waals surface area contributed by atoms with E-state index in [-0.39, 0.29) is 5.75 Å². The summed E-state index contributed by atoms with van der Waals surface area (Å²) in [6, 6.07) is 3.03. The minimum Gasteiger partial charge on any atom is -0.502 e. The number of methoxy groups -OCH3 is 2. The van der Waals surface area contributed by atoms with Gasteiger partial charge in [-0.15, -0.1) is 0 Å². The fraction of sp³-hybridized carbons (Fsp3) is 0.250. The Morgan fingerprint density at radius 2 is 1.58 bits per heavy atom. The number of aromatic hydroxyl groups is 1. The molecule has 0 saturated carbocycles. The Kier molecular flexibility index (Phi) is 2.65. The maximum atomic E-state index is 9.40. The van der Waals surface area contributed by atoms with Gasteiger partial charge in [-0.1, -0.05) is 11.6 Å². The average molecular weight is 189 g/mol. The molecule has 0 unspecified atom stereocenters. The molecular formula is C8H9ClO3. The van der Waals surface area contributed by atoms with Crippen LogP contribution in [0.1, 0.15) is 0 Å². The van der Waals surface area contributed by atoms with Crippen LogP contribution in [-0.4, -0.2) is 19.3 Å². The first kappa shape index (κ1) is 9.00. The van der Waals surface area contributed by atoms with E-state index in [9.17, 15) is 5.11 Å². The number of ether oxygens (including phenoxy) is 2. The predicted octanol–water partition coefficient (Wildman–Crippen LogP) is 2.06. The Morgan fingerprint density at radius 3 is 1.92 bits per heavy atom. The van der Waals surface area contributed by atoms with Crippen LogP contribution in [0.15, 0.2) is 12.1 Å². The van der Waals surface area contributed by atoms with Crippen LogP contribution < -0.4 is 9.47 Å². The first-order valence-corrected chi connectivity index (χ1v) is 3.67. The van der Waals surface area contributed by atoms with Gasteiger partial charge in [0.2, 0.25) is 5.75 Å². The van der Waals surface area contributed by atoms with Crippen molar-refractivity contribution in [3.05, 3.63) is 17.2 Å². The molecule has 0 radical (unpaired) electrons. The minimum atomic E-state index is -0.0376. The molecule has 12 heavy (non-hydrogen) atoms. The highest BCUT2D eigenvalue weighted by molar-refractivity contribution is 6.31. The molecule has 0 aliphatic rings. The normalized spacial score (nSPS) is 9.58. The third kappa shape index (κ3) is 1.56.